The van der Waals surface area contributed by atoms with Gasteiger partial charge in [-0.25, -0.2) is 4.79 Å². The topological polar surface area (TPSA) is 146 Å². The van der Waals surface area contributed by atoms with Gasteiger partial charge in [0.15, 0.2) is 0 Å². The number of hydrogen-bond acceptors (Lipinski definition) is 9. The van der Waals surface area contributed by atoms with Gasteiger partial charge in [0, 0.05) is 60.9 Å². The number of aliphatic hydroxyl groups excluding tert-OH is 2. The Bertz CT molecular complexity index is 1150. The SMILES string of the molecule is CCN1C[C@]2(OC(=O)c3ccccc3N)CC[C@H](OC)[C@@]34[C@@H]2C[C@@H]([C@@H]13)[C@@]1(O)C[C@H](O)[C@H]2C[C@@H]4[C@]1(O)[C@H]2O. The molecule has 7 rings (SSSR count). The summed E-state index contributed by atoms with van der Waals surface area (Å²) in [5.74, 6) is -2.05. The monoisotopic (exact) mass is 514 g/mol. The molecule has 1 aliphatic heterocycles. The Kier molecular flexibility index (Phi) is 4.90. The maximum absolute atomic E-state index is 13.6. The Morgan fingerprint density at radius 3 is 2.65 bits per heavy atom. The predicted octanol–water partition coefficient (Wildman–Crippen LogP) is 0.537. The number of carbonyl (C=O) groups is 1. The molecule has 6 N–H and O–H groups in total. The number of para-hydroxylation sites is 1. The molecule has 7 bridgehead atoms. The molecule has 6 aliphatic rings. The molecular weight excluding hydrogens is 476 g/mol. The Labute approximate surface area is 216 Å². The molecule has 0 aromatic heterocycles. The highest BCUT2D eigenvalue weighted by Crippen LogP contribution is 2.79. The first-order chi connectivity index (χ1) is 17.6. The Morgan fingerprint density at radius 1 is 1.19 bits per heavy atom. The summed E-state index contributed by atoms with van der Waals surface area (Å²) in [6.07, 6.45) is -0.146. The van der Waals surface area contributed by atoms with Crippen molar-refractivity contribution >= 4 is 11.7 Å². The van der Waals surface area contributed by atoms with Crippen LogP contribution in [-0.2, 0) is 9.47 Å². The second-order valence-electron chi connectivity index (χ2n) is 12.6. The highest BCUT2D eigenvalue weighted by molar-refractivity contribution is 5.95. The van der Waals surface area contributed by atoms with Crippen molar-refractivity contribution in [2.24, 2.45) is 29.1 Å². The number of benzene rings is 1. The Morgan fingerprint density at radius 2 is 1.95 bits per heavy atom. The molecule has 1 heterocycles. The minimum atomic E-state index is -1.75. The van der Waals surface area contributed by atoms with Crippen LogP contribution in [0.15, 0.2) is 24.3 Å². The van der Waals surface area contributed by atoms with E-state index in [2.05, 4.69) is 11.8 Å². The molecular formula is C28H38N2O7. The quantitative estimate of drug-likeness (QED) is 0.287. The van der Waals surface area contributed by atoms with Gasteiger partial charge in [-0.1, -0.05) is 19.1 Å². The zero-order valence-corrected chi connectivity index (χ0v) is 21.4. The molecule has 37 heavy (non-hydrogen) atoms. The zero-order valence-electron chi connectivity index (χ0n) is 21.4. The lowest BCUT2D eigenvalue weighted by Gasteiger charge is -2.70. The number of likely N-dealkylation sites (tertiary alicyclic amines) is 1. The number of esters is 1. The number of fused-ring (bicyclic) bond motifs is 2. The van der Waals surface area contributed by atoms with Crippen molar-refractivity contribution < 1.29 is 34.7 Å². The second kappa shape index (κ2) is 7.46. The number of hydrogen-bond donors (Lipinski definition) is 5. The van der Waals surface area contributed by atoms with Crippen LogP contribution in [0.4, 0.5) is 5.69 Å². The molecule has 6 fully saturated rings. The van der Waals surface area contributed by atoms with Crippen LogP contribution in [0, 0.1) is 29.1 Å². The summed E-state index contributed by atoms with van der Waals surface area (Å²) in [7, 11) is 1.69. The molecule has 5 aliphatic carbocycles. The highest BCUT2D eigenvalue weighted by atomic mass is 16.6. The number of carbonyl (C=O) groups excluding carboxylic acids is 1. The third-order valence-corrected chi connectivity index (χ3v) is 11.9. The van der Waals surface area contributed by atoms with Gasteiger partial charge < -0.3 is 35.6 Å². The first-order valence-electron chi connectivity index (χ1n) is 13.8. The molecule has 9 heteroatoms. The minimum absolute atomic E-state index is 0.0359. The molecule has 0 unspecified atom stereocenters. The lowest BCUT2D eigenvalue weighted by molar-refractivity contribution is -0.335. The molecule has 202 valence electrons. The van der Waals surface area contributed by atoms with Crippen molar-refractivity contribution in [1.29, 1.82) is 0 Å². The van der Waals surface area contributed by atoms with E-state index in [-0.39, 0.29) is 24.5 Å². The summed E-state index contributed by atoms with van der Waals surface area (Å²) >= 11 is 0. The van der Waals surface area contributed by atoms with Crippen LogP contribution in [0.5, 0.6) is 0 Å². The van der Waals surface area contributed by atoms with E-state index < -0.39 is 58.1 Å². The van der Waals surface area contributed by atoms with E-state index in [1.54, 1.807) is 31.4 Å². The van der Waals surface area contributed by atoms with Gasteiger partial charge in [0.1, 0.15) is 16.8 Å². The van der Waals surface area contributed by atoms with Crippen LogP contribution >= 0.6 is 0 Å². The average molecular weight is 515 g/mol. The molecule has 0 amide bonds. The fourth-order valence-corrected chi connectivity index (χ4v) is 10.8. The first-order valence-corrected chi connectivity index (χ1v) is 13.8. The van der Waals surface area contributed by atoms with Crippen molar-refractivity contribution in [2.75, 3.05) is 25.9 Å². The molecule has 9 nitrogen and oxygen atoms in total. The van der Waals surface area contributed by atoms with Gasteiger partial charge in [-0.05, 0) is 44.4 Å². The number of nitrogens with zero attached hydrogens (tertiary/aromatic N) is 1. The fraction of sp³-hybridized carbons (Fsp3) is 0.750. The highest BCUT2D eigenvalue weighted by Gasteiger charge is 2.88. The van der Waals surface area contributed by atoms with Crippen molar-refractivity contribution in [3.63, 3.8) is 0 Å². The number of methoxy groups -OCH3 is 1. The van der Waals surface area contributed by atoms with Gasteiger partial charge in [0.05, 0.1) is 23.9 Å². The third-order valence-electron chi connectivity index (χ3n) is 11.9. The smallest absolute Gasteiger partial charge is 0.340 e. The van der Waals surface area contributed by atoms with E-state index >= 15 is 0 Å². The van der Waals surface area contributed by atoms with E-state index in [9.17, 15) is 25.2 Å². The number of anilines is 1. The van der Waals surface area contributed by atoms with Crippen LogP contribution in [-0.4, -0.2) is 92.7 Å². The summed E-state index contributed by atoms with van der Waals surface area (Å²) in [4.78, 5) is 15.9. The molecule has 1 aromatic rings. The van der Waals surface area contributed by atoms with E-state index in [0.717, 1.165) is 0 Å². The van der Waals surface area contributed by atoms with Crippen LogP contribution in [0.25, 0.3) is 0 Å². The van der Waals surface area contributed by atoms with E-state index in [1.165, 1.54) is 0 Å². The molecule has 0 radical (unpaired) electrons. The van der Waals surface area contributed by atoms with Crippen molar-refractivity contribution in [3.05, 3.63) is 29.8 Å². The van der Waals surface area contributed by atoms with Crippen LogP contribution in [0.1, 0.15) is 49.4 Å². The number of aliphatic hydroxyl groups is 4. The first kappa shape index (κ1) is 24.3. The largest absolute Gasteiger partial charge is 0.454 e. The lowest BCUT2D eigenvalue weighted by atomic mass is 9.44. The van der Waals surface area contributed by atoms with Crippen molar-refractivity contribution in [1.82, 2.24) is 4.90 Å². The summed E-state index contributed by atoms with van der Waals surface area (Å²) < 4.78 is 12.7. The normalized spacial score (nSPS) is 53.2. The summed E-state index contributed by atoms with van der Waals surface area (Å²) in [5.41, 5.74) is 1.95. The molecule has 1 saturated heterocycles. The van der Waals surface area contributed by atoms with Crippen LogP contribution < -0.4 is 5.73 Å². The molecule has 1 spiro atoms. The van der Waals surface area contributed by atoms with Gasteiger partial charge in [0.2, 0.25) is 0 Å². The second-order valence-corrected chi connectivity index (χ2v) is 12.6. The Balaban J connectivity index is 1.42. The lowest BCUT2D eigenvalue weighted by Crippen LogP contribution is -2.83. The minimum Gasteiger partial charge on any atom is -0.454 e. The van der Waals surface area contributed by atoms with Gasteiger partial charge >= 0.3 is 5.97 Å². The van der Waals surface area contributed by atoms with E-state index in [1.807, 2.05) is 0 Å². The van der Waals surface area contributed by atoms with Gasteiger partial charge in [-0.15, -0.1) is 0 Å². The van der Waals surface area contributed by atoms with E-state index in [0.29, 0.717) is 50.0 Å². The summed E-state index contributed by atoms with van der Waals surface area (Å²) in [5, 5.41) is 47.0. The maximum Gasteiger partial charge on any atom is 0.340 e. The number of likely N-dealkylation sites (N-methyl/N-ethyl adjacent to an activating group) is 1. The van der Waals surface area contributed by atoms with Crippen molar-refractivity contribution in [2.45, 2.75) is 80.2 Å². The van der Waals surface area contributed by atoms with Crippen LogP contribution in [0.2, 0.25) is 0 Å². The Hall–Kier alpha value is -1.75. The van der Waals surface area contributed by atoms with Gasteiger partial charge in [-0.3, -0.25) is 4.90 Å². The standard InChI is InChI=1S/C28H38N2O7/c1-3-30-13-25(37-24(33)14-6-4-5-7-17(14)29)9-8-21(36-2)27-19(25)11-16(22(27)30)26(34)12-18(31)15-10-20(27)28(26,35)23(15)32/h4-7,15-16,18-23,31-32,34-35H,3,8-13,29H2,1-2H3/t15-,16+,18+,19-,20+,21+,22-,23+,25-,26+,27+,28+/m1/s1. The fourth-order valence-electron chi connectivity index (χ4n) is 10.8. The maximum atomic E-state index is 13.6. The average Bonchev–Trinajstić information content (AvgIpc) is 3.27. The van der Waals surface area contributed by atoms with Gasteiger partial charge in [-0.2, -0.15) is 0 Å². The number of piperidine rings is 1. The molecule has 5 saturated carbocycles. The number of nitrogen functional groups attached to an aromatic ring is 1. The van der Waals surface area contributed by atoms with Crippen LogP contribution in [0.3, 0.4) is 0 Å². The van der Waals surface area contributed by atoms with Crippen molar-refractivity contribution in [3.8, 4) is 0 Å². The number of rotatable bonds is 4. The third kappa shape index (κ3) is 2.50. The summed E-state index contributed by atoms with van der Waals surface area (Å²) in [6, 6.07) is 6.80. The predicted molar refractivity (Wildman–Crippen MR) is 132 cm³/mol. The zero-order chi connectivity index (χ0) is 26.1. The summed E-state index contributed by atoms with van der Waals surface area (Å²) in [6.45, 7) is 3.27. The van der Waals surface area contributed by atoms with E-state index in [4.69, 9.17) is 15.2 Å². The number of ether oxygens (including phenoxy) is 2. The van der Waals surface area contributed by atoms with Gasteiger partial charge in [0.25, 0.3) is 0 Å². The molecule has 12 atom stereocenters. The number of nitrogens with two attached hydrogens (primary N) is 1. The molecule has 1 aromatic carbocycles.